The summed E-state index contributed by atoms with van der Waals surface area (Å²) in [6, 6.07) is 3.96. The van der Waals surface area contributed by atoms with Crippen LogP contribution in [0.1, 0.15) is 27.2 Å². The van der Waals surface area contributed by atoms with Crippen molar-refractivity contribution in [2.24, 2.45) is 0 Å². The van der Waals surface area contributed by atoms with E-state index in [0.29, 0.717) is 24.7 Å². The highest BCUT2D eigenvalue weighted by atomic mass is 16.6. The number of nitrogens with one attached hydrogen (secondary N) is 2. The molecule has 7 nitrogen and oxygen atoms in total. The van der Waals surface area contributed by atoms with E-state index in [1.807, 2.05) is 32.9 Å². The molecule has 3 rings (SSSR count). The Morgan fingerprint density at radius 1 is 1.50 bits per heavy atom. The van der Waals surface area contributed by atoms with Crippen molar-refractivity contribution >= 4 is 23.2 Å². The summed E-state index contributed by atoms with van der Waals surface area (Å²) in [5.41, 5.74) is 1.12. The third-order valence-corrected chi connectivity index (χ3v) is 3.44. The van der Waals surface area contributed by atoms with Crippen molar-refractivity contribution in [1.29, 1.82) is 0 Å². The first kappa shape index (κ1) is 14.6. The number of pyridine rings is 1. The van der Waals surface area contributed by atoms with E-state index < -0.39 is 5.60 Å². The molecule has 1 atom stereocenters. The van der Waals surface area contributed by atoms with Gasteiger partial charge < -0.3 is 19.9 Å². The molecule has 0 bridgehead atoms. The Kier molecular flexibility index (Phi) is 3.64. The van der Waals surface area contributed by atoms with Crippen LogP contribution in [0.25, 0.3) is 11.2 Å². The number of amides is 1. The third kappa shape index (κ3) is 3.29. The highest BCUT2D eigenvalue weighted by Gasteiger charge is 2.30. The molecule has 3 heterocycles. The zero-order chi connectivity index (χ0) is 15.7. The normalized spacial score (nSPS) is 18.7. The number of aromatic amines is 1. The molecule has 118 valence electrons. The summed E-state index contributed by atoms with van der Waals surface area (Å²) in [6.45, 7) is 6.92. The van der Waals surface area contributed by atoms with Gasteiger partial charge in [0.15, 0.2) is 5.65 Å². The van der Waals surface area contributed by atoms with E-state index in [0.717, 1.165) is 11.9 Å². The van der Waals surface area contributed by atoms with Crippen molar-refractivity contribution in [1.82, 2.24) is 19.9 Å². The number of hydrogen-bond acceptors (Lipinski definition) is 5. The second-order valence-electron chi connectivity index (χ2n) is 6.52. The average Bonchev–Trinajstić information content (AvgIpc) is 3.02. The van der Waals surface area contributed by atoms with E-state index in [9.17, 15) is 4.79 Å². The van der Waals surface area contributed by atoms with Gasteiger partial charge >= 0.3 is 6.09 Å². The van der Waals surface area contributed by atoms with E-state index >= 15 is 0 Å². The van der Waals surface area contributed by atoms with E-state index in [-0.39, 0.29) is 12.1 Å². The van der Waals surface area contributed by atoms with Gasteiger partial charge in [0.05, 0.1) is 5.52 Å². The summed E-state index contributed by atoms with van der Waals surface area (Å²) in [6.07, 6.45) is 2.32. The van der Waals surface area contributed by atoms with Crippen molar-refractivity contribution < 1.29 is 9.53 Å². The van der Waals surface area contributed by atoms with Crippen molar-refractivity contribution in [3.63, 3.8) is 0 Å². The molecule has 0 spiro atoms. The molecule has 0 aromatic carbocycles. The van der Waals surface area contributed by atoms with Crippen LogP contribution in [-0.4, -0.2) is 50.7 Å². The zero-order valence-corrected chi connectivity index (χ0v) is 13.1. The standard InChI is InChI=1S/C15H21N5O2/c1-15(2,3)22-14(21)20-8-6-10(9-20)17-13-18-11-5-4-7-16-12(11)19-13/h4-5,7,10H,6,8-9H2,1-3H3,(H2,16,17,18,19)/t10-/m0/s1. The van der Waals surface area contributed by atoms with Gasteiger partial charge in [-0.05, 0) is 39.3 Å². The van der Waals surface area contributed by atoms with Gasteiger partial charge in [-0.25, -0.2) is 9.78 Å². The smallest absolute Gasteiger partial charge is 0.410 e. The molecule has 1 amide bonds. The number of likely N-dealkylation sites (tertiary alicyclic amines) is 1. The van der Waals surface area contributed by atoms with Crippen LogP contribution < -0.4 is 5.32 Å². The summed E-state index contributed by atoms with van der Waals surface area (Å²) in [5, 5.41) is 3.32. The third-order valence-electron chi connectivity index (χ3n) is 3.44. The lowest BCUT2D eigenvalue weighted by atomic mass is 10.2. The van der Waals surface area contributed by atoms with Gasteiger partial charge in [-0.15, -0.1) is 0 Å². The average molecular weight is 303 g/mol. The lowest BCUT2D eigenvalue weighted by Crippen LogP contribution is -2.36. The van der Waals surface area contributed by atoms with Crippen molar-refractivity contribution in [2.45, 2.75) is 38.8 Å². The molecule has 1 fully saturated rings. The van der Waals surface area contributed by atoms with Crippen LogP contribution in [0.4, 0.5) is 10.7 Å². The van der Waals surface area contributed by atoms with Gasteiger partial charge in [-0.2, -0.15) is 4.98 Å². The van der Waals surface area contributed by atoms with E-state index in [1.165, 1.54) is 0 Å². The summed E-state index contributed by atoms with van der Waals surface area (Å²) in [4.78, 5) is 25.5. The number of aromatic nitrogens is 3. The molecule has 2 N–H and O–H groups in total. The fourth-order valence-corrected chi connectivity index (χ4v) is 2.48. The minimum atomic E-state index is -0.465. The predicted octanol–water partition coefficient (Wildman–Crippen LogP) is 2.38. The van der Waals surface area contributed by atoms with Crippen molar-refractivity contribution in [3.05, 3.63) is 18.3 Å². The molecule has 0 aliphatic carbocycles. The maximum Gasteiger partial charge on any atom is 0.410 e. The monoisotopic (exact) mass is 303 g/mol. The minimum absolute atomic E-state index is 0.160. The molecule has 1 aliphatic rings. The molecule has 2 aromatic heterocycles. The van der Waals surface area contributed by atoms with Gasteiger partial charge in [0, 0.05) is 25.3 Å². The Morgan fingerprint density at radius 3 is 3.05 bits per heavy atom. The SMILES string of the molecule is CC(C)(C)OC(=O)N1CC[C@H](Nc2nc3ncccc3[nH]2)C1. The number of anilines is 1. The van der Waals surface area contributed by atoms with Gasteiger partial charge in [0.2, 0.25) is 5.95 Å². The van der Waals surface area contributed by atoms with Gasteiger partial charge in [0.25, 0.3) is 0 Å². The zero-order valence-electron chi connectivity index (χ0n) is 13.1. The van der Waals surface area contributed by atoms with E-state index in [1.54, 1.807) is 11.1 Å². The first-order valence-electron chi connectivity index (χ1n) is 7.46. The topological polar surface area (TPSA) is 83.1 Å². The van der Waals surface area contributed by atoms with Gasteiger partial charge in [0.1, 0.15) is 5.60 Å². The second-order valence-corrected chi connectivity index (χ2v) is 6.52. The van der Waals surface area contributed by atoms with Crippen LogP contribution in [-0.2, 0) is 4.74 Å². The molecular formula is C15H21N5O2. The summed E-state index contributed by atoms with van der Waals surface area (Å²) >= 11 is 0. The quantitative estimate of drug-likeness (QED) is 0.890. The lowest BCUT2D eigenvalue weighted by molar-refractivity contribution is 0.0293. The minimum Gasteiger partial charge on any atom is -0.444 e. The number of rotatable bonds is 2. The fourth-order valence-electron chi connectivity index (χ4n) is 2.48. The molecule has 1 saturated heterocycles. The number of nitrogens with zero attached hydrogens (tertiary/aromatic N) is 3. The molecule has 0 unspecified atom stereocenters. The Hall–Kier alpha value is -2.31. The largest absolute Gasteiger partial charge is 0.444 e. The maximum absolute atomic E-state index is 12.0. The number of fused-ring (bicyclic) bond motifs is 1. The summed E-state index contributed by atoms with van der Waals surface area (Å²) in [7, 11) is 0. The number of ether oxygens (including phenoxy) is 1. The Bertz CT molecular complexity index is 643. The molecule has 1 aliphatic heterocycles. The highest BCUT2D eigenvalue weighted by molar-refractivity contribution is 5.73. The fraction of sp³-hybridized carbons (Fsp3) is 0.533. The maximum atomic E-state index is 12.0. The Labute approximate surface area is 129 Å². The molecule has 7 heteroatoms. The van der Waals surface area contributed by atoms with Crippen molar-refractivity contribution in [2.75, 3.05) is 18.4 Å². The first-order valence-corrected chi connectivity index (χ1v) is 7.46. The molecule has 0 saturated carbocycles. The number of carbonyl (C=O) groups excluding carboxylic acids is 1. The molecule has 2 aromatic rings. The van der Waals surface area contributed by atoms with Crippen LogP contribution in [0.5, 0.6) is 0 Å². The van der Waals surface area contributed by atoms with Gasteiger partial charge in [-0.3, -0.25) is 0 Å². The molecule has 22 heavy (non-hydrogen) atoms. The highest BCUT2D eigenvalue weighted by Crippen LogP contribution is 2.18. The number of imidazole rings is 1. The first-order chi connectivity index (χ1) is 10.4. The van der Waals surface area contributed by atoms with Crippen LogP contribution in [0.2, 0.25) is 0 Å². The number of carbonyl (C=O) groups is 1. The number of H-pyrrole nitrogens is 1. The van der Waals surface area contributed by atoms with Crippen LogP contribution in [0, 0.1) is 0 Å². The van der Waals surface area contributed by atoms with Crippen molar-refractivity contribution in [3.8, 4) is 0 Å². The van der Waals surface area contributed by atoms with E-state index in [4.69, 9.17) is 4.74 Å². The van der Waals surface area contributed by atoms with E-state index in [2.05, 4.69) is 20.3 Å². The lowest BCUT2D eigenvalue weighted by Gasteiger charge is -2.24. The van der Waals surface area contributed by atoms with Crippen LogP contribution in [0.3, 0.4) is 0 Å². The predicted molar refractivity (Wildman–Crippen MR) is 83.7 cm³/mol. The Morgan fingerprint density at radius 2 is 2.32 bits per heavy atom. The summed E-state index contributed by atoms with van der Waals surface area (Å²) < 4.78 is 5.39. The van der Waals surface area contributed by atoms with Gasteiger partial charge in [-0.1, -0.05) is 0 Å². The second kappa shape index (κ2) is 5.47. The summed E-state index contributed by atoms with van der Waals surface area (Å²) in [5.74, 6) is 0.685. The van der Waals surface area contributed by atoms with Crippen LogP contribution >= 0.6 is 0 Å². The Balaban J connectivity index is 1.60. The number of hydrogen-bond donors (Lipinski definition) is 2. The molecular weight excluding hydrogens is 282 g/mol. The molecule has 0 radical (unpaired) electrons. The van der Waals surface area contributed by atoms with Crippen LogP contribution in [0.15, 0.2) is 18.3 Å².